The summed E-state index contributed by atoms with van der Waals surface area (Å²) in [7, 11) is 0. The van der Waals surface area contributed by atoms with Crippen molar-refractivity contribution in [2.24, 2.45) is 0 Å². The standard InChI is InChI=1S/C15H24ClNO2/c1-3-4-9-19-11-15(18)10-17-12(2)13-5-7-14(16)8-6-13/h5-8,12,15,17-18H,3-4,9-11H2,1-2H3/t12-,15?/m0/s1. The summed E-state index contributed by atoms with van der Waals surface area (Å²) in [6, 6.07) is 7.91. The van der Waals surface area contributed by atoms with Gasteiger partial charge >= 0.3 is 0 Å². The van der Waals surface area contributed by atoms with Gasteiger partial charge in [0, 0.05) is 24.2 Å². The maximum atomic E-state index is 9.78. The van der Waals surface area contributed by atoms with Crippen molar-refractivity contribution in [1.82, 2.24) is 5.32 Å². The molecule has 0 aliphatic heterocycles. The van der Waals surface area contributed by atoms with Gasteiger partial charge in [-0.1, -0.05) is 37.1 Å². The predicted octanol–water partition coefficient (Wildman–Crippen LogP) is 3.17. The van der Waals surface area contributed by atoms with Gasteiger partial charge in [-0.15, -0.1) is 0 Å². The maximum Gasteiger partial charge on any atom is 0.0897 e. The lowest BCUT2D eigenvalue weighted by Gasteiger charge is -2.17. The second-order valence-corrected chi connectivity index (χ2v) is 5.20. The number of hydrogen-bond donors (Lipinski definition) is 2. The van der Waals surface area contributed by atoms with Gasteiger partial charge in [0.15, 0.2) is 0 Å². The third-order valence-electron chi connectivity index (χ3n) is 2.98. The molecule has 2 N–H and O–H groups in total. The number of aliphatic hydroxyl groups is 1. The third-order valence-corrected chi connectivity index (χ3v) is 3.23. The Hall–Kier alpha value is -0.610. The van der Waals surface area contributed by atoms with Crippen molar-refractivity contribution in [2.75, 3.05) is 19.8 Å². The van der Waals surface area contributed by atoms with E-state index in [2.05, 4.69) is 19.2 Å². The number of unbranched alkanes of at least 4 members (excludes halogenated alkanes) is 1. The van der Waals surface area contributed by atoms with Crippen LogP contribution in [0, 0.1) is 0 Å². The largest absolute Gasteiger partial charge is 0.389 e. The molecule has 4 heteroatoms. The van der Waals surface area contributed by atoms with Crippen LogP contribution in [-0.2, 0) is 4.74 Å². The molecule has 0 fully saturated rings. The number of halogens is 1. The average Bonchev–Trinajstić information content (AvgIpc) is 2.42. The second kappa shape index (κ2) is 9.32. The van der Waals surface area contributed by atoms with Crippen LogP contribution in [0.2, 0.25) is 5.02 Å². The number of aliphatic hydroxyl groups excluding tert-OH is 1. The molecule has 1 unspecified atom stereocenters. The molecule has 0 bridgehead atoms. The van der Waals surface area contributed by atoms with Crippen LogP contribution in [0.4, 0.5) is 0 Å². The molecule has 0 radical (unpaired) electrons. The molecule has 1 aromatic rings. The lowest BCUT2D eigenvalue weighted by Crippen LogP contribution is -2.32. The van der Waals surface area contributed by atoms with E-state index in [0.717, 1.165) is 30.0 Å². The lowest BCUT2D eigenvalue weighted by atomic mass is 10.1. The SMILES string of the molecule is CCCCOCC(O)CN[C@@H](C)c1ccc(Cl)cc1. The number of hydrogen-bond acceptors (Lipinski definition) is 3. The van der Waals surface area contributed by atoms with Crippen molar-refractivity contribution in [1.29, 1.82) is 0 Å². The molecule has 108 valence electrons. The topological polar surface area (TPSA) is 41.5 Å². The Morgan fingerprint density at radius 1 is 1.32 bits per heavy atom. The fourth-order valence-corrected chi connectivity index (χ4v) is 1.83. The highest BCUT2D eigenvalue weighted by Gasteiger charge is 2.08. The van der Waals surface area contributed by atoms with Gasteiger partial charge in [0.25, 0.3) is 0 Å². The zero-order valence-corrected chi connectivity index (χ0v) is 12.5. The quantitative estimate of drug-likeness (QED) is 0.685. The Morgan fingerprint density at radius 2 is 2.00 bits per heavy atom. The van der Waals surface area contributed by atoms with E-state index in [4.69, 9.17) is 16.3 Å². The molecule has 1 rings (SSSR count). The summed E-state index contributed by atoms with van der Waals surface area (Å²) in [6.45, 7) is 5.82. The first-order valence-corrected chi connectivity index (χ1v) is 7.26. The fourth-order valence-electron chi connectivity index (χ4n) is 1.71. The molecule has 0 saturated heterocycles. The minimum Gasteiger partial charge on any atom is -0.389 e. The van der Waals surface area contributed by atoms with Gasteiger partial charge in [-0.05, 0) is 31.0 Å². The fraction of sp³-hybridized carbons (Fsp3) is 0.600. The molecule has 3 nitrogen and oxygen atoms in total. The Balaban J connectivity index is 2.22. The Bertz CT molecular complexity index is 343. The minimum absolute atomic E-state index is 0.183. The van der Waals surface area contributed by atoms with E-state index in [0.29, 0.717) is 13.2 Å². The summed E-state index contributed by atoms with van der Waals surface area (Å²) in [6.07, 6.45) is 1.69. The van der Waals surface area contributed by atoms with Crippen LogP contribution in [0.15, 0.2) is 24.3 Å². The molecule has 0 amide bonds. The van der Waals surface area contributed by atoms with Gasteiger partial charge in [0.05, 0.1) is 12.7 Å². The van der Waals surface area contributed by atoms with Crippen LogP contribution in [0.25, 0.3) is 0 Å². The first kappa shape index (κ1) is 16.4. The number of rotatable bonds is 9. The van der Waals surface area contributed by atoms with Crippen LogP contribution < -0.4 is 5.32 Å². The monoisotopic (exact) mass is 285 g/mol. The van der Waals surface area contributed by atoms with E-state index < -0.39 is 6.10 Å². The summed E-state index contributed by atoms with van der Waals surface area (Å²) in [5.74, 6) is 0. The van der Waals surface area contributed by atoms with Gasteiger partial charge in [0.1, 0.15) is 0 Å². The molecule has 0 aliphatic rings. The predicted molar refractivity (Wildman–Crippen MR) is 79.6 cm³/mol. The smallest absolute Gasteiger partial charge is 0.0897 e. The molecule has 2 atom stereocenters. The summed E-state index contributed by atoms with van der Waals surface area (Å²) in [4.78, 5) is 0. The minimum atomic E-state index is -0.466. The Kier molecular flexibility index (Phi) is 8.07. The first-order valence-electron chi connectivity index (χ1n) is 6.88. The molecule has 19 heavy (non-hydrogen) atoms. The van der Waals surface area contributed by atoms with Gasteiger partial charge in [-0.3, -0.25) is 0 Å². The van der Waals surface area contributed by atoms with Crippen LogP contribution in [0.5, 0.6) is 0 Å². The average molecular weight is 286 g/mol. The highest BCUT2D eigenvalue weighted by molar-refractivity contribution is 6.30. The van der Waals surface area contributed by atoms with E-state index in [1.54, 1.807) is 0 Å². The van der Waals surface area contributed by atoms with E-state index in [1.165, 1.54) is 0 Å². The van der Waals surface area contributed by atoms with Crippen molar-refractivity contribution >= 4 is 11.6 Å². The molecule has 0 spiro atoms. The summed E-state index contributed by atoms with van der Waals surface area (Å²) < 4.78 is 5.38. The van der Waals surface area contributed by atoms with Gasteiger partial charge in [0.2, 0.25) is 0 Å². The zero-order chi connectivity index (χ0) is 14.1. The van der Waals surface area contributed by atoms with Crippen LogP contribution >= 0.6 is 11.6 Å². The highest BCUT2D eigenvalue weighted by Crippen LogP contribution is 2.15. The van der Waals surface area contributed by atoms with Crippen molar-refractivity contribution in [2.45, 2.75) is 38.8 Å². The maximum absolute atomic E-state index is 9.78. The lowest BCUT2D eigenvalue weighted by molar-refractivity contribution is 0.0348. The van der Waals surface area contributed by atoms with Crippen molar-refractivity contribution in [3.05, 3.63) is 34.9 Å². The van der Waals surface area contributed by atoms with E-state index >= 15 is 0 Å². The second-order valence-electron chi connectivity index (χ2n) is 4.76. The van der Waals surface area contributed by atoms with Crippen LogP contribution in [0.1, 0.15) is 38.3 Å². The van der Waals surface area contributed by atoms with E-state index in [9.17, 15) is 5.11 Å². The Morgan fingerprint density at radius 3 is 2.63 bits per heavy atom. The summed E-state index contributed by atoms with van der Waals surface area (Å²) >= 11 is 5.85. The summed E-state index contributed by atoms with van der Waals surface area (Å²) in [5.41, 5.74) is 1.16. The molecule has 1 aromatic carbocycles. The molecular weight excluding hydrogens is 262 g/mol. The van der Waals surface area contributed by atoms with Crippen LogP contribution in [-0.4, -0.2) is 31.0 Å². The number of nitrogens with one attached hydrogen (secondary N) is 1. The highest BCUT2D eigenvalue weighted by atomic mass is 35.5. The molecule has 0 aromatic heterocycles. The molecule has 0 aliphatic carbocycles. The van der Waals surface area contributed by atoms with Crippen molar-refractivity contribution in [3.8, 4) is 0 Å². The zero-order valence-electron chi connectivity index (χ0n) is 11.7. The Labute approximate surface area is 120 Å². The summed E-state index contributed by atoms with van der Waals surface area (Å²) in [5, 5.41) is 13.8. The normalized spacial score (nSPS) is 14.3. The van der Waals surface area contributed by atoms with Gasteiger partial charge < -0.3 is 15.2 Å². The van der Waals surface area contributed by atoms with Crippen LogP contribution in [0.3, 0.4) is 0 Å². The van der Waals surface area contributed by atoms with Gasteiger partial charge in [-0.25, -0.2) is 0 Å². The molecule has 0 saturated carbocycles. The molecular formula is C15H24ClNO2. The first-order chi connectivity index (χ1) is 9.13. The number of ether oxygens (including phenoxy) is 1. The van der Waals surface area contributed by atoms with E-state index in [1.807, 2.05) is 24.3 Å². The van der Waals surface area contributed by atoms with Gasteiger partial charge in [-0.2, -0.15) is 0 Å². The van der Waals surface area contributed by atoms with Crippen molar-refractivity contribution in [3.63, 3.8) is 0 Å². The third kappa shape index (κ3) is 6.92. The van der Waals surface area contributed by atoms with Crippen molar-refractivity contribution < 1.29 is 9.84 Å². The van der Waals surface area contributed by atoms with E-state index in [-0.39, 0.29) is 6.04 Å². The molecule has 0 heterocycles. The number of benzene rings is 1.